The number of anilines is 2. The van der Waals surface area contributed by atoms with Crippen LogP contribution >= 0.6 is 0 Å². The van der Waals surface area contributed by atoms with Crippen LogP contribution in [0.5, 0.6) is 0 Å². The molecule has 13 heavy (non-hydrogen) atoms. The smallest absolute Gasteiger partial charge is 0.0361 e. The Morgan fingerprint density at radius 1 is 1.38 bits per heavy atom. The lowest BCUT2D eigenvalue weighted by molar-refractivity contribution is 1.07. The first-order valence-corrected chi connectivity index (χ1v) is 4.64. The average molecular weight is 177 g/mol. The summed E-state index contributed by atoms with van der Waals surface area (Å²) >= 11 is 0. The van der Waals surface area contributed by atoms with Gasteiger partial charge in [-0.15, -0.1) is 0 Å². The lowest BCUT2D eigenvalue weighted by atomic mass is 10.1. The first kappa shape index (κ1) is 8.38. The Kier molecular flexibility index (Phi) is 2.10. The highest BCUT2D eigenvalue weighted by atomic mass is 14.9. The SMILES string of the molecule is NCc1cc(NC2CC2)ccc1N. The van der Waals surface area contributed by atoms with Crippen LogP contribution in [0.25, 0.3) is 0 Å². The number of hydrogen-bond acceptors (Lipinski definition) is 3. The molecule has 3 heteroatoms. The Balaban J connectivity index is 2.16. The van der Waals surface area contributed by atoms with E-state index in [0.29, 0.717) is 12.6 Å². The minimum atomic E-state index is 0.506. The van der Waals surface area contributed by atoms with Crippen molar-refractivity contribution >= 4 is 11.4 Å². The quantitative estimate of drug-likeness (QED) is 0.610. The first-order valence-electron chi connectivity index (χ1n) is 4.64. The molecule has 5 N–H and O–H groups in total. The summed E-state index contributed by atoms with van der Waals surface area (Å²) in [6.07, 6.45) is 2.56. The van der Waals surface area contributed by atoms with Crippen LogP contribution in [0.3, 0.4) is 0 Å². The molecule has 0 atom stereocenters. The van der Waals surface area contributed by atoms with Gasteiger partial charge in [0.2, 0.25) is 0 Å². The van der Waals surface area contributed by atoms with Crippen LogP contribution < -0.4 is 16.8 Å². The van der Waals surface area contributed by atoms with Crippen molar-refractivity contribution in [1.29, 1.82) is 0 Å². The van der Waals surface area contributed by atoms with E-state index in [9.17, 15) is 0 Å². The Morgan fingerprint density at radius 3 is 2.77 bits per heavy atom. The molecule has 0 bridgehead atoms. The largest absolute Gasteiger partial charge is 0.398 e. The number of nitrogens with one attached hydrogen (secondary N) is 1. The normalized spacial score (nSPS) is 15.8. The third-order valence-corrected chi connectivity index (χ3v) is 2.31. The maximum atomic E-state index is 5.74. The second-order valence-corrected chi connectivity index (χ2v) is 3.54. The summed E-state index contributed by atoms with van der Waals surface area (Å²) < 4.78 is 0. The zero-order valence-corrected chi connectivity index (χ0v) is 7.59. The van der Waals surface area contributed by atoms with Gasteiger partial charge in [-0.2, -0.15) is 0 Å². The topological polar surface area (TPSA) is 64.1 Å². The maximum Gasteiger partial charge on any atom is 0.0361 e. The highest BCUT2D eigenvalue weighted by Gasteiger charge is 2.20. The van der Waals surface area contributed by atoms with Gasteiger partial charge in [0, 0.05) is 24.0 Å². The van der Waals surface area contributed by atoms with Gasteiger partial charge in [-0.3, -0.25) is 0 Å². The molecule has 0 radical (unpaired) electrons. The Labute approximate surface area is 78.1 Å². The van der Waals surface area contributed by atoms with Gasteiger partial charge in [0.1, 0.15) is 0 Å². The van der Waals surface area contributed by atoms with Gasteiger partial charge in [-0.25, -0.2) is 0 Å². The van der Waals surface area contributed by atoms with E-state index < -0.39 is 0 Å². The third-order valence-electron chi connectivity index (χ3n) is 2.31. The molecular formula is C10H15N3. The molecule has 1 aliphatic carbocycles. The van der Waals surface area contributed by atoms with E-state index in [0.717, 1.165) is 16.9 Å². The third kappa shape index (κ3) is 1.92. The molecule has 1 fully saturated rings. The van der Waals surface area contributed by atoms with Gasteiger partial charge < -0.3 is 16.8 Å². The van der Waals surface area contributed by atoms with Gasteiger partial charge in [-0.1, -0.05) is 0 Å². The van der Waals surface area contributed by atoms with Crippen molar-refractivity contribution < 1.29 is 0 Å². The Morgan fingerprint density at radius 2 is 2.15 bits per heavy atom. The van der Waals surface area contributed by atoms with Gasteiger partial charge >= 0.3 is 0 Å². The van der Waals surface area contributed by atoms with E-state index in [-0.39, 0.29) is 0 Å². The van der Waals surface area contributed by atoms with E-state index in [1.54, 1.807) is 0 Å². The second kappa shape index (κ2) is 3.26. The number of rotatable bonds is 3. The predicted octanol–water partition coefficient (Wildman–Crippen LogP) is 1.30. The molecule has 0 saturated heterocycles. The molecule has 0 aromatic heterocycles. The van der Waals surface area contributed by atoms with E-state index >= 15 is 0 Å². The molecule has 1 aromatic carbocycles. The summed E-state index contributed by atoms with van der Waals surface area (Å²) in [6, 6.07) is 6.63. The van der Waals surface area contributed by atoms with Gasteiger partial charge in [0.25, 0.3) is 0 Å². The fourth-order valence-corrected chi connectivity index (χ4v) is 1.34. The standard InChI is InChI=1S/C10H15N3/c11-6-7-5-9(3-4-10(7)12)13-8-1-2-8/h3-5,8,13H,1-2,6,11-12H2. The number of nitrogen functional groups attached to an aromatic ring is 1. The van der Waals surface area contributed by atoms with Crippen molar-refractivity contribution in [3.63, 3.8) is 0 Å². The van der Waals surface area contributed by atoms with Crippen LogP contribution in [0, 0.1) is 0 Å². The number of benzene rings is 1. The maximum absolute atomic E-state index is 5.74. The predicted molar refractivity (Wildman–Crippen MR) is 55.4 cm³/mol. The first-order chi connectivity index (χ1) is 6.29. The monoisotopic (exact) mass is 177 g/mol. The molecule has 0 spiro atoms. The van der Waals surface area contributed by atoms with Crippen molar-refractivity contribution in [2.45, 2.75) is 25.4 Å². The lowest BCUT2D eigenvalue weighted by Gasteiger charge is -2.08. The molecule has 1 aromatic rings. The minimum Gasteiger partial charge on any atom is -0.398 e. The van der Waals surface area contributed by atoms with Crippen LogP contribution in [-0.4, -0.2) is 6.04 Å². The van der Waals surface area contributed by atoms with Gasteiger partial charge in [0.15, 0.2) is 0 Å². The summed E-state index contributed by atoms with van der Waals surface area (Å²) in [4.78, 5) is 0. The molecule has 0 unspecified atom stereocenters. The Bertz CT molecular complexity index is 305. The average Bonchev–Trinajstić information content (AvgIpc) is 2.92. The minimum absolute atomic E-state index is 0.506. The fourth-order valence-electron chi connectivity index (χ4n) is 1.34. The summed E-state index contributed by atoms with van der Waals surface area (Å²) in [7, 11) is 0. The molecule has 0 amide bonds. The van der Waals surface area contributed by atoms with E-state index in [2.05, 4.69) is 5.32 Å². The molecule has 1 aliphatic rings. The molecule has 3 nitrogen and oxygen atoms in total. The summed E-state index contributed by atoms with van der Waals surface area (Å²) in [5.74, 6) is 0. The zero-order valence-electron chi connectivity index (χ0n) is 7.59. The van der Waals surface area contributed by atoms with Crippen molar-refractivity contribution in [1.82, 2.24) is 0 Å². The Hall–Kier alpha value is -1.22. The molecule has 70 valence electrons. The second-order valence-electron chi connectivity index (χ2n) is 3.54. The number of nitrogens with two attached hydrogens (primary N) is 2. The highest BCUT2D eigenvalue weighted by Crippen LogP contribution is 2.26. The summed E-state index contributed by atoms with van der Waals surface area (Å²) in [5, 5.41) is 3.41. The summed E-state index contributed by atoms with van der Waals surface area (Å²) in [6.45, 7) is 0.506. The fraction of sp³-hybridized carbons (Fsp3) is 0.400. The van der Waals surface area contributed by atoms with Gasteiger partial charge in [-0.05, 0) is 36.6 Å². The van der Waals surface area contributed by atoms with Crippen molar-refractivity contribution in [2.24, 2.45) is 5.73 Å². The van der Waals surface area contributed by atoms with Crippen LogP contribution in [0.1, 0.15) is 18.4 Å². The van der Waals surface area contributed by atoms with Crippen molar-refractivity contribution in [3.05, 3.63) is 23.8 Å². The van der Waals surface area contributed by atoms with Crippen molar-refractivity contribution in [3.8, 4) is 0 Å². The molecule has 0 aliphatic heterocycles. The van der Waals surface area contributed by atoms with E-state index in [1.807, 2.05) is 18.2 Å². The lowest BCUT2D eigenvalue weighted by Crippen LogP contribution is -2.05. The van der Waals surface area contributed by atoms with Crippen LogP contribution in [0.2, 0.25) is 0 Å². The van der Waals surface area contributed by atoms with E-state index in [4.69, 9.17) is 11.5 Å². The molecule has 1 saturated carbocycles. The molecule has 2 rings (SSSR count). The van der Waals surface area contributed by atoms with Gasteiger partial charge in [0.05, 0.1) is 0 Å². The molecule has 0 heterocycles. The summed E-state index contributed by atoms with van der Waals surface area (Å²) in [5.41, 5.74) is 14.2. The van der Waals surface area contributed by atoms with Crippen LogP contribution in [-0.2, 0) is 6.54 Å². The van der Waals surface area contributed by atoms with E-state index in [1.165, 1.54) is 12.8 Å². The number of hydrogen-bond donors (Lipinski definition) is 3. The van der Waals surface area contributed by atoms with Crippen molar-refractivity contribution in [2.75, 3.05) is 11.1 Å². The zero-order chi connectivity index (χ0) is 9.26. The molecular weight excluding hydrogens is 162 g/mol. The van der Waals surface area contributed by atoms with Crippen LogP contribution in [0.4, 0.5) is 11.4 Å². The highest BCUT2D eigenvalue weighted by molar-refractivity contribution is 5.57. The van der Waals surface area contributed by atoms with Crippen LogP contribution in [0.15, 0.2) is 18.2 Å².